The molecular formula is C17H19NO5. The Morgan fingerprint density at radius 1 is 1.22 bits per heavy atom. The van der Waals surface area contributed by atoms with Crippen LogP contribution in [0, 0.1) is 6.92 Å². The predicted octanol–water partition coefficient (Wildman–Crippen LogP) is 2.22. The first-order valence-electron chi connectivity index (χ1n) is 7.14. The van der Waals surface area contributed by atoms with E-state index in [-0.39, 0.29) is 23.6 Å². The quantitative estimate of drug-likeness (QED) is 0.798. The zero-order valence-corrected chi connectivity index (χ0v) is 13.3. The van der Waals surface area contributed by atoms with E-state index in [0.29, 0.717) is 6.42 Å². The molecule has 0 unspecified atom stereocenters. The minimum absolute atomic E-state index is 0.0227. The van der Waals surface area contributed by atoms with Crippen molar-refractivity contribution in [1.29, 1.82) is 0 Å². The number of aromatic amines is 1. The fourth-order valence-corrected chi connectivity index (χ4v) is 2.41. The lowest BCUT2D eigenvalue weighted by Crippen LogP contribution is -2.19. The molecule has 0 fully saturated rings. The molecule has 0 aliphatic carbocycles. The molecule has 6 nitrogen and oxygen atoms in total. The number of carbonyl (C=O) groups is 1. The number of rotatable bonds is 6. The number of ether oxygens (including phenoxy) is 2. The molecule has 23 heavy (non-hydrogen) atoms. The van der Waals surface area contributed by atoms with Gasteiger partial charge < -0.3 is 14.6 Å². The number of Topliss-reactive ketones (excluding diaryl/α,β-unsaturated/α-hetero) is 1. The number of aromatic nitrogens is 1. The van der Waals surface area contributed by atoms with Crippen LogP contribution in [0.2, 0.25) is 0 Å². The zero-order valence-electron chi connectivity index (χ0n) is 13.3. The predicted molar refractivity (Wildman–Crippen MR) is 85.7 cm³/mol. The first-order chi connectivity index (χ1) is 11.0. The molecule has 0 saturated carbocycles. The van der Waals surface area contributed by atoms with Crippen molar-refractivity contribution in [2.24, 2.45) is 0 Å². The van der Waals surface area contributed by atoms with Crippen LogP contribution < -0.4 is 15.0 Å². The van der Waals surface area contributed by atoms with E-state index in [1.807, 2.05) is 31.2 Å². The van der Waals surface area contributed by atoms with E-state index in [2.05, 4.69) is 4.98 Å². The lowest BCUT2D eigenvalue weighted by Gasteiger charge is -2.11. The summed E-state index contributed by atoms with van der Waals surface area (Å²) in [7, 11) is 2.64. The maximum atomic E-state index is 12.4. The molecule has 122 valence electrons. The number of hydrogen-bond acceptors (Lipinski definition) is 5. The number of benzene rings is 1. The van der Waals surface area contributed by atoms with Gasteiger partial charge in [-0.15, -0.1) is 0 Å². The molecule has 0 radical (unpaired) electrons. The van der Waals surface area contributed by atoms with Crippen LogP contribution in [0.25, 0.3) is 0 Å². The topological polar surface area (TPSA) is 88.6 Å². The molecule has 0 aliphatic rings. The Labute approximate surface area is 133 Å². The molecule has 2 aromatic rings. The average Bonchev–Trinajstić information content (AvgIpc) is 2.53. The van der Waals surface area contributed by atoms with Crippen LogP contribution in [0.1, 0.15) is 27.9 Å². The number of methoxy groups -OCH3 is 2. The molecule has 1 aromatic heterocycles. The maximum Gasteiger partial charge on any atom is 0.265 e. The van der Waals surface area contributed by atoms with Crippen LogP contribution in [0.5, 0.6) is 17.4 Å². The van der Waals surface area contributed by atoms with Gasteiger partial charge in [-0.3, -0.25) is 14.6 Å². The van der Waals surface area contributed by atoms with Crippen LogP contribution in [-0.2, 0) is 6.42 Å². The molecule has 0 spiro atoms. The van der Waals surface area contributed by atoms with Gasteiger partial charge in [0.25, 0.3) is 5.56 Å². The first kappa shape index (κ1) is 16.6. The van der Waals surface area contributed by atoms with Crippen LogP contribution in [-0.4, -0.2) is 30.1 Å². The van der Waals surface area contributed by atoms with E-state index in [4.69, 9.17) is 9.47 Å². The Kier molecular flexibility index (Phi) is 5.05. The van der Waals surface area contributed by atoms with Gasteiger partial charge in [0.2, 0.25) is 11.6 Å². The molecule has 0 amide bonds. The Morgan fingerprint density at radius 3 is 2.52 bits per heavy atom. The Morgan fingerprint density at radius 2 is 1.91 bits per heavy atom. The minimum Gasteiger partial charge on any atom is -0.503 e. The van der Waals surface area contributed by atoms with Crippen molar-refractivity contribution in [2.45, 2.75) is 19.8 Å². The lowest BCUT2D eigenvalue weighted by atomic mass is 10.00. The Hall–Kier alpha value is -2.76. The van der Waals surface area contributed by atoms with Crippen molar-refractivity contribution in [3.8, 4) is 17.4 Å². The Balaban J connectivity index is 2.29. The van der Waals surface area contributed by atoms with Crippen molar-refractivity contribution in [2.75, 3.05) is 14.2 Å². The number of hydrogen-bond donors (Lipinski definition) is 2. The number of H-pyrrole nitrogens is 1. The largest absolute Gasteiger partial charge is 0.503 e. The molecule has 2 rings (SSSR count). The molecule has 0 bridgehead atoms. The number of pyridine rings is 1. The first-order valence-corrected chi connectivity index (χ1v) is 7.14. The summed E-state index contributed by atoms with van der Waals surface area (Å²) >= 11 is 0. The molecule has 2 N–H and O–H groups in total. The van der Waals surface area contributed by atoms with Crippen LogP contribution in [0.3, 0.4) is 0 Å². The second-order valence-electron chi connectivity index (χ2n) is 5.09. The summed E-state index contributed by atoms with van der Waals surface area (Å²) in [6, 6.07) is 7.71. The highest BCUT2D eigenvalue weighted by Gasteiger charge is 2.23. The van der Waals surface area contributed by atoms with Gasteiger partial charge in [0.15, 0.2) is 11.5 Å². The summed E-state index contributed by atoms with van der Waals surface area (Å²) in [5.41, 5.74) is 1.09. The Bertz CT molecular complexity index is 779. The summed E-state index contributed by atoms with van der Waals surface area (Å²) in [4.78, 5) is 26.8. The van der Waals surface area contributed by atoms with E-state index in [0.717, 1.165) is 11.1 Å². The van der Waals surface area contributed by atoms with Crippen LogP contribution >= 0.6 is 0 Å². The van der Waals surface area contributed by atoms with Crippen molar-refractivity contribution < 1.29 is 19.4 Å². The second-order valence-corrected chi connectivity index (χ2v) is 5.09. The van der Waals surface area contributed by atoms with Gasteiger partial charge in [-0.2, -0.15) is 0 Å². The van der Waals surface area contributed by atoms with Crippen molar-refractivity contribution in [3.05, 3.63) is 51.3 Å². The number of carbonyl (C=O) groups excluding carboxylic acids is 1. The highest BCUT2D eigenvalue weighted by Crippen LogP contribution is 2.35. The standard InChI is InChI=1S/C17H19NO5/c1-10-6-4-5-7-11(10)8-9-12(19)13-14(20)15(22-2)17(23-3)18-16(13)21/h4-7H,8-9H2,1-3H3,(H2,18,20,21). The summed E-state index contributed by atoms with van der Waals surface area (Å²) < 4.78 is 9.92. The van der Waals surface area contributed by atoms with Crippen molar-refractivity contribution >= 4 is 5.78 Å². The third-order valence-electron chi connectivity index (χ3n) is 3.68. The summed E-state index contributed by atoms with van der Waals surface area (Å²) in [5.74, 6) is -1.03. The molecule has 0 aliphatic heterocycles. The van der Waals surface area contributed by atoms with E-state index in [9.17, 15) is 14.7 Å². The third-order valence-corrected chi connectivity index (χ3v) is 3.68. The normalized spacial score (nSPS) is 10.4. The minimum atomic E-state index is -0.699. The monoisotopic (exact) mass is 317 g/mol. The smallest absolute Gasteiger partial charge is 0.265 e. The molecule has 0 saturated heterocycles. The van der Waals surface area contributed by atoms with Gasteiger partial charge in [-0.1, -0.05) is 24.3 Å². The lowest BCUT2D eigenvalue weighted by molar-refractivity contribution is 0.0977. The SMILES string of the molecule is COc1[nH]c(=O)c(C(=O)CCc2ccccc2C)c(O)c1OC. The van der Waals surface area contributed by atoms with Crippen molar-refractivity contribution in [1.82, 2.24) is 4.98 Å². The molecular weight excluding hydrogens is 298 g/mol. The molecule has 0 atom stereocenters. The van der Waals surface area contributed by atoms with Gasteiger partial charge >= 0.3 is 0 Å². The fourth-order valence-electron chi connectivity index (χ4n) is 2.41. The second kappa shape index (κ2) is 7.00. The van der Waals surface area contributed by atoms with Gasteiger partial charge in [-0.05, 0) is 24.5 Å². The van der Waals surface area contributed by atoms with E-state index >= 15 is 0 Å². The van der Waals surface area contributed by atoms with E-state index in [1.165, 1.54) is 14.2 Å². The third kappa shape index (κ3) is 3.36. The van der Waals surface area contributed by atoms with Crippen LogP contribution in [0.4, 0.5) is 0 Å². The summed E-state index contributed by atoms with van der Waals surface area (Å²) in [6.07, 6.45) is 0.593. The van der Waals surface area contributed by atoms with E-state index < -0.39 is 17.1 Å². The highest BCUT2D eigenvalue weighted by molar-refractivity contribution is 5.99. The van der Waals surface area contributed by atoms with E-state index in [1.54, 1.807) is 0 Å². The van der Waals surface area contributed by atoms with Gasteiger partial charge in [0, 0.05) is 6.42 Å². The number of ketones is 1. The molecule has 1 heterocycles. The number of nitrogens with one attached hydrogen (secondary N) is 1. The number of aryl methyl sites for hydroxylation is 2. The maximum absolute atomic E-state index is 12.4. The number of aromatic hydroxyl groups is 1. The molecule has 6 heteroatoms. The van der Waals surface area contributed by atoms with Gasteiger partial charge in [-0.25, -0.2) is 0 Å². The zero-order chi connectivity index (χ0) is 17.0. The summed E-state index contributed by atoms with van der Waals surface area (Å²) in [5, 5.41) is 10.2. The summed E-state index contributed by atoms with van der Waals surface area (Å²) in [6.45, 7) is 1.96. The fraction of sp³-hybridized carbons (Fsp3) is 0.294. The average molecular weight is 317 g/mol. The van der Waals surface area contributed by atoms with Crippen LogP contribution in [0.15, 0.2) is 29.1 Å². The van der Waals surface area contributed by atoms with Gasteiger partial charge in [0.05, 0.1) is 14.2 Å². The van der Waals surface area contributed by atoms with Crippen molar-refractivity contribution in [3.63, 3.8) is 0 Å². The highest BCUT2D eigenvalue weighted by atomic mass is 16.5. The van der Waals surface area contributed by atoms with Gasteiger partial charge in [0.1, 0.15) is 5.56 Å². The molecule has 1 aromatic carbocycles.